The number of pyridine rings is 1. The van der Waals surface area contributed by atoms with Crippen molar-refractivity contribution in [1.82, 2.24) is 4.98 Å². The molecule has 1 aromatic heterocycles. The molecule has 5 nitrogen and oxygen atoms in total. The minimum Gasteiger partial charge on any atom is -0.490 e. The maximum absolute atomic E-state index is 5.53. The van der Waals surface area contributed by atoms with Crippen molar-refractivity contribution in [1.29, 1.82) is 0 Å². The van der Waals surface area contributed by atoms with Crippen molar-refractivity contribution in [3.05, 3.63) is 42.1 Å². The third kappa shape index (κ3) is 2.61. The van der Waals surface area contributed by atoms with Gasteiger partial charge in [-0.3, -0.25) is 0 Å². The van der Waals surface area contributed by atoms with E-state index in [1.165, 1.54) is 0 Å². The van der Waals surface area contributed by atoms with E-state index in [9.17, 15) is 0 Å². The van der Waals surface area contributed by atoms with E-state index in [-0.39, 0.29) is 0 Å². The molecule has 20 heavy (non-hydrogen) atoms. The monoisotopic (exact) mass is 272 g/mol. The van der Waals surface area contributed by atoms with Gasteiger partial charge < -0.3 is 19.5 Å². The topological polar surface area (TPSA) is 52.6 Å². The van der Waals surface area contributed by atoms with Gasteiger partial charge in [0.05, 0.1) is 6.61 Å². The van der Waals surface area contributed by atoms with E-state index in [0.717, 1.165) is 28.6 Å². The summed E-state index contributed by atoms with van der Waals surface area (Å²) in [5, 5.41) is 3.27. The Morgan fingerprint density at radius 2 is 2.15 bits per heavy atom. The minimum atomic E-state index is 0.293. The SMILES string of the molecule is CCOc1cccnc1NCc1ccc2c(c1)OCO2. The second-order valence-electron chi connectivity index (χ2n) is 4.32. The number of rotatable bonds is 5. The van der Waals surface area contributed by atoms with Crippen molar-refractivity contribution in [2.75, 3.05) is 18.7 Å². The maximum atomic E-state index is 5.53. The lowest BCUT2D eigenvalue weighted by molar-refractivity contribution is 0.174. The van der Waals surface area contributed by atoms with Crippen LogP contribution >= 0.6 is 0 Å². The molecule has 0 bridgehead atoms. The average molecular weight is 272 g/mol. The van der Waals surface area contributed by atoms with Crippen LogP contribution in [0.2, 0.25) is 0 Å². The van der Waals surface area contributed by atoms with Gasteiger partial charge in [0.15, 0.2) is 23.1 Å². The number of fused-ring (bicyclic) bond motifs is 1. The first-order chi connectivity index (χ1) is 9.86. The van der Waals surface area contributed by atoms with Crippen molar-refractivity contribution in [2.45, 2.75) is 13.5 Å². The Kier molecular flexibility index (Phi) is 3.58. The molecule has 2 aromatic rings. The summed E-state index contributed by atoms with van der Waals surface area (Å²) in [4.78, 5) is 4.29. The normalized spacial score (nSPS) is 12.2. The molecule has 104 valence electrons. The van der Waals surface area contributed by atoms with E-state index < -0.39 is 0 Å². The zero-order valence-corrected chi connectivity index (χ0v) is 11.3. The number of aromatic nitrogens is 1. The maximum Gasteiger partial charge on any atom is 0.231 e. The molecule has 1 aliphatic heterocycles. The molecule has 0 aliphatic carbocycles. The smallest absolute Gasteiger partial charge is 0.231 e. The number of benzene rings is 1. The number of hydrogen-bond donors (Lipinski definition) is 1. The van der Waals surface area contributed by atoms with Crippen molar-refractivity contribution in [3.63, 3.8) is 0 Å². The fraction of sp³-hybridized carbons (Fsp3) is 0.267. The quantitative estimate of drug-likeness (QED) is 0.907. The van der Waals surface area contributed by atoms with Gasteiger partial charge in [0, 0.05) is 12.7 Å². The molecule has 0 radical (unpaired) electrons. The molecule has 0 saturated heterocycles. The van der Waals surface area contributed by atoms with Crippen LogP contribution in [0.4, 0.5) is 5.82 Å². The number of anilines is 1. The first-order valence-electron chi connectivity index (χ1n) is 6.57. The molecule has 0 fully saturated rings. The van der Waals surface area contributed by atoms with Gasteiger partial charge >= 0.3 is 0 Å². The lowest BCUT2D eigenvalue weighted by Crippen LogP contribution is -2.04. The fourth-order valence-electron chi connectivity index (χ4n) is 2.03. The molecule has 1 aliphatic rings. The second kappa shape index (κ2) is 5.69. The van der Waals surface area contributed by atoms with E-state index in [1.807, 2.05) is 37.3 Å². The summed E-state index contributed by atoms with van der Waals surface area (Å²) in [5.41, 5.74) is 1.10. The molecular formula is C15H16N2O3. The molecule has 5 heteroatoms. The van der Waals surface area contributed by atoms with Gasteiger partial charge in [-0.05, 0) is 36.8 Å². The highest BCUT2D eigenvalue weighted by molar-refractivity contribution is 5.51. The molecule has 2 heterocycles. The van der Waals surface area contributed by atoms with Crippen molar-refractivity contribution in [3.8, 4) is 17.2 Å². The van der Waals surface area contributed by atoms with Crippen LogP contribution in [0.15, 0.2) is 36.5 Å². The summed E-state index contributed by atoms with van der Waals surface area (Å²) < 4.78 is 16.2. The number of nitrogens with zero attached hydrogens (tertiary/aromatic N) is 1. The highest BCUT2D eigenvalue weighted by atomic mass is 16.7. The van der Waals surface area contributed by atoms with Gasteiger partial charge in [-0.15, -0.1) is 0 Å². The molecule has 0 saturated carbocycles. The minimum absolute atomic E-state index is 0.293. The van der Waals surface area contributed by atoms with E-state index in [1.54, 1.807) is 6.20 Å². The highest BCUT2D eigenvalue weighted by Crippen LogP contribution is 2.32. The predicted molar refractivity (Wildman–Crippen MR) is 75.3 cm³/mol. The fourth-order valence-corrected chi connectivity index (χ4v) is 2.03. The van der Waals surface area contributed by atoms with Crippen LogP contribution < -0.4 is 19.5 Å². The Balaban J connectivity index is 1.70. The second-order valence-corrected chi connectivity index (χ2v) is 4.32. The number of hydrogen-bond acceptors (Lipinski definition) is 5. The Hall–Kier alpha value is -2.43. The number of ether oxygens (including phenoxy) is 3. The van der Waals surface area contributed by atoms with Crippen LogP contribution in [0, 0.1) is 0 Å². The van der Waals surface area contributed by atoms with Crippen molar-refractivity contribution >= 4 is 5.82 Å². The Morgan fingerprint density at radius 1 is 1.25 bits per heavy atom. The third-order valence-electron chi connectivity index (χ3n) is 2.97. The Bertz CT molecular complexity index is 601. The van der Waals surface area contributed by atoms with Crippen molar-refractivity contribution in [2.24, 2.45) is 0 Å². The zero-order valence-electron chi connectivity index (χ0n) is 11.3. The first kappa shape index (κ1) is 12.6. The van der Waals surface area contributed by atoms with E-state index >= 15 is 0 Å². The van der Waals surface area contributed by atoms with Gasteiger partial charge in [-0.2, -0.15) is 0 Å². The summed E-state index contributed by atoms with van der Waals surface area (Å²) in [6.45, 7) is 3.51. The van der Waals surface area contributed by atoms with Crippen LogP contribution in [0.3, 0.4) is 0 Å². The standard InChI is InChI=1S/C15H16N2O3/c1-2-18-13-4-3-7-16-15(13)17-9-11-5-6-12-14(8-11)20-10-19-12/h3-8H,2,9-10H2,1H3,(H,16,17). The van der Waals surface area contributed by atoms with Crippen LogP contribution in [-0.4, -0.2) is 18.4 Å². The van der Waals surface area contributed by atoms with Crippen LogP contribution in [0.1, 0.15) is 12.5 Å². The molecule has 0 unspecified atom stereocenters. The van der Waals surface area contributed by atoms with Crippen LogP contribution in [-0.2, 0) is 6.54 Å². The van der Waals surface area contributed by atoms with Gasteiger partial charge in [0.1, 0.15) is 0 Å². The molecule has 0 spiro atoms. The van der Waals surface area contributed by atoms with Gasteiger partial charge in [0.2, 0.25) is 6.79 Å². The summed E-state index contributed by atoms with van der Waals surface area (Å²) in [6.07, 6.45) is 1.74. The van der Waals surface area contributed by atoms with Gasteiger partial charge in [-0.25, -0.2) is 4.98 Å². The van der Waals surface area contributed by atoms with Crippen molar-refractivity contribution < 1.29 is 14.2 Å². The van der Waals surface area contributed by atoms with E-state index in [4.69, 9.17) is 14.2 Å². The van der Waals surface area contributed by atoms with Gasteiger partial charge in [-0.1, -0.05) is 6.07 Å². The zero-order chi connectivity index (χ0) is 13.8. The van der Waals surface area contributed by atoms with Gasteiger partial charge in [0.25, 0.3) is 0 Å². The summed E-state index contributed by atoms with van der Waals surface area (Å²) in [6, 6.07) is 9.65. The molecule has 1 N–H and O–H groups in total. The number of nitrogens with one attached hydrogen (secondary N) is 1. The molecule has 0 atom stereocenters. The first-order valence-corrected chi connectivity index (χ1v) is 6.57. The summed E-state index contributed by atoms with van der Waals surface area (Å²) >= 11 is 0. The summed E-state index contributed by atoms with van der Waals surface area (Å²) in [5.74, 6) is 3.08. The molecule has 1 aromatic carbocycles. The predicted octanol–water partition coefficient (Wildman–Crippen LogP) is 2.82. The third-order valence-corrected chi connectivity index (χ3v) is 2.97. The molecule has 3 rings (SSSR count). The van der Waals surface area contributed by atoms with Crippen LogP contribution in [0.5, 0.6) is 17.2 Å². The lowest BCUT2D eigenvalue weighted by atomic mass is 10.2. The Morgan fingerprint density at radius 3 is 3.05 bits per heavy atom. The van der Waals surface area contributed by atoms with E-state index in [2.05, 4.69) is 10.3 Å². The van der Waals surface area contributed by atoms with Crippen LogP contribution in [0.25, 0.3) is 0 Å². The lowest BCUT2D eigenvalue weighted by Gasteiger charge is -2.11. The molecular weight excluding hydrogens is 256 g/mol. The average Bonchev–Trinajstić information content (AvgIpc) is 2.94. The van der Waals surface area contributed by atoms with E-state index in [0.29, 0.717) is 19.9 Å². The Labute approximate surface area is 117 Å². The highest BCUT2D eigenvalue weighted by Gasteiger charge is 2.13. The molecule has 0 amide bonds. The summed E-state index contributed by atoms with van der Waals surface area (Å²) in [7, 11) is 0. The largest absolute Gasteiger partial charge is 0.490 e.